The van der Waals surface area contributed by atoms with Gasteiger partial charge in [0.25, 0.3) is 5.91 Å². The molecule has 1 fully saturated rings. The van der Waals surface area contributed by atoms with Gasteiger partial charge in [-0.3, -0.25) is 4.79 Å². The number of aromatic nitrogens is 1. The van der Waals surface area contributed by atoms with Crippen molar-refractivity contribution in [3.05, 3.63) is 28.0 Å². The highest BCUT2D eigenvalue weighted by atomic mass is 35.5. The molecule has 1 aliphatic rings. The highest BCUT2D eigenvalue weighted by Gasteiger charge is 2.21. The summed E-state index contributed by atoms with van der Waals surface area (Å²) < 4.78 is 3.18. The number of hydrogen-bond donors (Lipinski definition) is 0. The van der Waals surface area contributed by atoms with E-state index in [1.165, 1.54) is 6.42 Å². The van der Waals surface area contributed by atoms with Crippen molar-refractivity contribution in [2.45, 2.75) is 45.6 Å². The number of hydrogen-bond acceptors (Lipinski definition) is 2. The second-order valence-corrected chi connectivity index (χ2v) is 6.97. The molecule has 0 saturated heterocycles. The van der Waals surface area contributed by atoms with Crippen LogP contribution < -0.4 is 4.80 Å². The fraction of sp³-hybridized carbons (Fsp3) is 0.500. The van der Waals surface area contributed by atoms with Crippen molar-refractivity contribution in [2.75, 3.05) is 0 Å². The first-order chi connectivity index (χ1) is 10.2. The van der Waals surface area contributed by atoms with Gasteiger partial charge in [-0.2, -0.15) is 4.99 Å². The number of carbonyl (C=O) groups is 1. The van der Waals surface area contributed by atoms with Gasteiger partial charge in [0.2, 0.25) is 0 Å². The first kappa shape index (κ1) is 14.8. The predicted octanol–water partition coefficient (Wildman–Crippen LogP) is 4.38. The van der Waals surface area contributed by atoms with E-state index in [0.29, 0.717) is 0 Å². The maximum absolute atomic E-state index is 12.4. The Morgan fingerprint density at radius 2 is 2.14 bits per heavy atom. The number of amides is 1. The highest BCUT2D eigenvalue weighted by molar-refractivity contribution is 7.16. The van der Waals surface area contributed by atoms with Gasteiger partial charge in [-0.25, -0.2) is 0 Å². The molecule has 0 unspecified atom stereocenters. The Bertz CT molecular complexity index is 725. The lowest BCUT2D eigenvalue weighted by atomic mass is 9.89. The van der Waals surface area contributed by atoms with E-state index in [9.17, 15) is 4.79 Å². The SMILES string of the molecule is CCn1c(=NC(=O)C2CCCCC2)sc2cc(Cl)ccc21. The summed E-state index contributed by atoms with van der Waals surface area (Å²) in [7, 11) is 0. The van der Waals surface area contributed by atoms with Gasteiger partial charge >= 0.3 is 0 Å². The number of carbonyl (C=O) groups excluding carboxylic acids is 1. The predicted molar refractivity (Wildman–Crippen MR) is 87.6 cm³/mol. The number of halogens is 1. The summed E-state index contributed by atoms with van der Waals surface area (Å²) in [6.07, 6.45) is 5.54. The van der Waals surface area contributed by atoms with Crippen molar-refractivity contribution < 1.29 is 4.79 Å². The molecular weight excluding hydrogens is 304 g/mol. The van der Waals surface area contributed by atoms with Gasteiger partial charge in [0.15, 0.2) is 4.80 Å². The van der Waals surface area contributed by atoms with Gasteiger partial charge in [-0.15, -0.1) is 0 Å². The summed E-state index contributed by atoms with van der Waals surface area (Å²) >= 11 is 7.60. The largest absolute Gasteiger partial charge is 0.317 e. The van der Waals surface area contributed by atoms with E-state index in [2.05, 4.69) is 16.5 Å². The number of nitrogens with zero attached hydrogens (tertiary/aromatic N) is 2. The molecule has 112 valence electrons. The van der Waals surface area contributed by atoms with Crippen LogP contribution in [0.4, 0.5) is 0 Å². The lowest BCUT2D eigenvalue weighted by Crippen LogP contribution is -2.21. The Morgan fingerprint density at radius 1 is 1.38 bits per heavy atom. The summed E-state index contributed by atoms with van der Waals surface area (Å²) in [6.45, 7) is 2.88. The quantitative estimate of drug-likeness (QED) is 0.807. The van der Waals surface area contributed by atoms with E-state index in [0.717, 1.165) is 52.3 Å². The first-order valence-corrected chi connectivity index (χ1v) is 8.76. The minimum atomic E-state index is 0.0505. The van der Waals surface area contributed by atoms with Crippen LogP contribution >= 0.6 is 22.9 Å². The van der Waals surface area contributed by atoms with Crippen LogP contribution in [-0.2, 0) is 11.3 Å². The Morgan fingerprint density at radius 3 is 2.86 bits per heavy atom. The fourth-order valence-electron chi connectivity index (χ4n) is 2.97. The summed E-state index contributed by atoms with van der Waals surface area (Å²) in [4.78, 5) is 17.6. The molecule has 1 amide bonds. The molecule has 0 atom stereocenters. The standard InChI is InChI=1S/C16H19ClN2OS/c1-2-19-13-9-8-12(17)10-14(13)21-16(19)18-15(20)11-6-4-3-5-7-11/h8-11H,2-7H2,1H3. The van der Waals surface area contributed by atoms with Gasteiger partial charge in [0.05, 0.1) is 10.2 Å². The minimum Gasteiger partial charge on any atom is -0.317 e. The third-order valence-electron chi connectivity index (χ3n) is 4.12. The van der Waals surface area contributed by atoms with Crippen LogP contribution in [-0.4, -0.2) is 10.5 Å². The van der Waals surface area contributed by atoms with Crippen molar-refractivity contribution in [2.24, 2.45) is 10.9 Å². The smallest absolute Gasteiger partial charge is 0.251 e. The lowest BCUT2D eigenvalue weighted by molar-refractivity contribution is -0.122. The molecule has 1 heterocycles. The third kappa shape index (κ3) is 3.06. The molecule has 1 saturated carbocycles. The van der Waals surface area contributed by atoms with E-state index >= 15 is 0 Å². The van der Waals surface area contributed by atoms with Crippen LogP contribution in [0.1, 0.15) is 39.0 Å². The Labute approximate surface area is 133 Å². The molecular formula is C16H19ClN2OS. The summed E-state index contributed by atoms with van der Waals surface area (Å²) in [6, 6.07) is 5.83. The van der Waals surface area contributed by atoms with E-state index in [1.807, 2.05) is 18.2 Å². The number of thiazole rings is 1. The number of aryl methyl sites for hydroxylation is 1. The van der Waals surface area contributed by atoms with E-state index in [1.54, 1.807) is 11.3 Å². The molecule has 0 bridgehead atoms. The van der Waals surface area contributed by atoms with Crippen LogP contribution in [0.5, 0.6) is 0 Å². The topological polar surface area (TPSA) is 34.4 Å². The number of rotatable bonds is 2. The molecule has 1 aromatic heterocycles. The van der Waals surface area contributed by atoms with Crippen molar-refractivity contribution in [3.63, 3.8) is 0 Å². The molecule has 3 rings (SSSR count). The van der Waals surface area contributed by atoms with Crippen LogP contribution in [0.15, 0.2) is 23.2 Å². The maximum atomic E-state index is 12.4. The lowest BCUT2D eigenvalue weighted by Gasteiger charge is -2.17. The van der Waals surface area contributed by atoms with Crippen molar-refractivity contribution in [3.8, 4) is 0 Å². The Balaban J connectivity index is 2.02. The zero-order valence-electron chi connectivity index (χ0n) is 12.1. The summed E-state index contributed by atoms with van der Waals surface area (Å²) in [5.41, 5.74) is 1.10. The average molecular weight is 323 g/mol. The molecule has 1 aromatic carbocycles. The van der Waals surface area contributed by atoms with Crippen molar-refractivity contribution in [1.29, 1.82) is 0 Å². The maximum Gasteiger partial charge on any atom is 0.251 e. The molecule has 0 aliphatic heterocycles. The van der Waals surface area contributed by atoms with E-state index in [4.69, 9.17) is 11.6 Å². The fourth-order valence-corrected chi connectivity index (χ4v) is 4.35. The van der Waals surface area contributed by atoms with E-state index < -0.39 is 0 Å². The van der Waals surface area contributed by atoms with E-state index in [-0.39, 0.29) is 11.8 Å². The zero-order chi connectivity index (χ0) is 14.8. The van der Waals surface area contributed by atoms with Gasteiger partial charge in [0.1, 0.15) is 0 Å². The average Bonchev–Trinajstić information content (AvgIpc) is 2.84. The number of benzene rings is 1. The monoisotopic (exact) mass is 322 g/mol. The third-order valence-corrected chi connectivity index (χ3v) is 5.40. The normalized spacial score (nSPS) is 17.5. The molecule has 0 N–H and O–H groups in total. The first-order valence-electron chi connectivity index (χ1n) is 7.56. The second-order valence-electron chi connectivity index (χ2n) is 5.53. The minimum absolute atomic E-state index is 0.0505. The summed E-state index contributed by atoms with van der Waals surface area (Å²) in [5.74, 6) is 0.174. The van der Waals surface area contributed by atoms with Crippen molar-refractivity contribution in [1.82, 2.24) is 4.57 Å². The Hall–Kier alpha value is -1.13. The summed E-state index contributed by atoms with van der Waals surface area (Å²) in [5, 5.41) is 0.720. The van der Waals surface area contributed by atoms with Gasteiger partial charge in [0, 0.05) is 17.5 Å². The molecule has 21 heavy (non-hydrogen) atoms. The molecule has 2 aromatic rings. The van der Waals surface area contributed by atoms with Crippen LogP contribution in [0, 0.1) is 5.92 Å². The molecule has 0 radical (unpaired) electrons. The molecule has 5 heteroatoms. The second kappa shape index (κ2) is 6.32. The zero-order valence-corrected chi connectivity index (χ0v) is 13.7. The van der Waals surface area contributed by atoms with Gasteiger partial charge < -0.3 is 4.57 Å². The molecule has 3 nitrogen and oxygen atoms in total. The van der Waals surface area contributed by atoms with Crippen LogP contribution in [0.2, 0.25) is 5.02 Å². The van der Waals surface area contributed by atoms with Gasteiger partial charge in [-0.05, 0) is 38.0 Å². The van der Waals surface area contributed by atoms with Crippen LogP contribution in [0.25, 0.3) is 10.2 Å². The van der Waals surface area contributed by atoms with Crippen LogP contribution in [0.3, 0.4) is 0 Å². The molecule has 0 spiro atoms. The Kier molecular flexibility index (Phi) is 4.45. The molecule has 1 aliphatic carbocycles. The van der Waals surface area contributed by atoms with Gasteiger partial charge in [-0.1, -0.05) is 42.2 Å². The van der Waals surface area contributed by atoms with Crippen molar-refractivity contribution >= 4 is 39.1 Å². The number of fused-ring (bicyclic) bond motifs is 1. The highest BCUT2D eigenvalue weighted by Crippen LogP contribution is 2.25.